The van der Waals surface area contributed by atoms with Gasteiger partial charge in [0, 0.05) is 11.8 Å². The lowest BCUT2D eigenvalue weighted by Gasteiger charge is -2.08. The normalized spacial score (nSPS) is 11.0. The van der Waals surface area contributed by atoms with Gasteiger partial charge >= 0.3 is 5.69 Å². The lowest BCUT2D eigenvalue weighted by Crippen LogP contribution is -2.25. The minimum absolute atomic E-state index is 0.221. The highest BCUT2D eigenvalue weighted by molar-refractivity contribution is 6.33. The van der Waals surface area contributed by atoms with Crippen LogP contribution < -0.4 is 10.8 Å². The van der Waals surface area contributed by atoms with Gasteiger partial charge in [0.2, 0.25) is 0 Å². The van der Waals surface area contributed by atoms with Gasteiger partial charge < -0.3 is 9.90 Å². The number of nitrogens with zero attached hydrogens (tertiary/aromatic N) is 3. The summed E-state index contributed by atoms with van der Waals surface area (Å²) in [6.07, 6.45) is 1.32. The van der Waals surface area contributed by atoms with Gasteiger partial charge in [-0.1, -0.05) is 23.2 Å². The Morgan fingerprint density at radius 2 is 2.00 bits per heavy atom. The Bertz CT molecular complexity index is 981. The van der Waals surface area contributed by atoms with Crippen LogP contribution in [0.1, 0.15) is 10.4 Å². The maximum Gasteiger partial charge on any atom is 0.355 e. The first-order valence-corrected chi connectivity index (χ1v) is 6.62. The molecule has 3 rings (SSSR count). The van der Waals surface area contributed by atoms with E-state index in [2.05, 4.69) is 5.10 Å². The fraction of sp³-hybridized carbons (Fsp3) is 0. The summed E-state index contributed by atoms with van der Waals surface area (Å²) in [5, 5.41) is 14.9. The van der Waals surface area contributed by atoms with Crippen LogP contribution in [0.2, 0.25) is 10.0 Å². The van der Waals surface area contributed by atoms with Gasteiger partial charge in [0.15, 0.2) is 11.5 Å². The molecule has 0 unspecified atom stereocenters. The second kappa shape index (κ2) is 5.11. The number of fused-ring (bicyclic) bond motifs is 1. The van der Waals surface area contributed by atoms with Gasteiger partial charge in [0.25, 0.3) is 0 Å². The molecule has 0 bridgehead atoms. The summed E-state index contributed by atoms with van der Waals surface area (Å²) in [5.41, 5.74) is -1.28. The molecular formula is C13H5Cl2FN3O3-. The van der Waals surface area contributed by atoms with Crippen molar-refractivity contribution < 1.29 is 14.3 Å². The van der Waals surface area contributed by atoms with Crippen molar-refractivity contribution in [3.63, 3.8) is 0 Å². The van der Waals surface area contributed by atoms with Crippen molar-refractivity contribution in [3.05, 3.63) is 62.4 Å². The quantitative estimate of drug-likeness (QED) is 0.704. The minimum Gasteiger partial charge on any atom is -0.545 e. The van der Waals surface area contributed by atoms with Gasteiger partial charge in [0.05, 0.1) is 16.0 Å². The SMILES string of the molecule is O=C([O-])c1cc(-n2nc3ccc(Cl)cn3c2=O)c(F)cc1Cl. The highest BCUT2D eigenvalue weighted by Crippen LogP contribution is 2.22. The molecule has 6 nitrogen and oxygen atoms in total. The van der Waals surface area contributed by atoms with Crippen molar-refractivity contribution >= 4 is 34.8 Å². The van der Waals surface area contributed by atoms with E-state index in [4.69, 9.17) is 23.2 Å². The minimum atomic E-state index is -1.59. The van der Waals surface area contributed by atoms with E-state index in [1.165, 1.54) is 18.3 Å². The zero-order valence-corrected chi connectivity index (χ0v) is 12.1. The van der Waals surface area contributed by atoms with E-state index in [1.807, 2.05) is 0 Å². The molecule has 0 aliphatic carbocycles. The van der Waals surface area contributed by atoms with Crippen molar-refractivity contribution in [3.8, 4) is 5.69 Å². The predicted octanol–water partition coefficient (Wildman–Crippen LogP) is 1.29. The maximum absolute atomic E-state index is 14.0. The van der Waals surface area contributed by atoms with Gasteiger partial charge in [-0.2, -0.15) is 4.68 Å². The lowest BCUT2D eigenvalue weighted by atomic mass is 10.2. The second-order valence-electron chi connectivity index (χ2n) is 4.34. The standard InChI is InChI=1S/C13H6Cl2FN3O3/c14-6-1-2-11-17-19(13(22)18(11)5-6)10-3-7(12(20)21)8(15)4-9(10)16/h1-5H,(H,20,21)/p-1. The Balaban J connectivity index is 2.32. The van der Waals surface area contributed by atoms with Gasteiger partial charge in [-0.3, -0.25) is 0 Å². The van der Waals surface area contributed by atoms with Gasteiger partial charge in [0.1, 0.15) is 5.69 Å². The van der Waals surface area contributed by atoms with Crippen LogP contribution in [0.3, 0.4) is 0 Å². The van der Waals surface area contributed by atoms with Crippen LogP contribution in [0.5, 0.6) is 0 Å². The first-order chi connectivity index (χ1) is 10.4. The Morgan fingerprint density at radius 3 is 2.68 bits per heavy atom. The first-order valence-electron chi connectivity index (χ1n) is 5.86. The molecule has 3 aromatic rings. The van der Waals surface area contributed by atoms with Crippen molar-refractivity contribution in [1.82, 2.24) is 14.2 Å². The molecule has 9 heteroatoms. The largest absolute Gasteiger partial charge is 0.545 e. The molecule has 22 heavy (non-hydrogen) atoms. The zero-order valence-electron chi connectivity index (χ0n) is 10.6. The van der Waals surface area contributed by atoms with Crippen LogP contribution in [0.25, 0.3) is 11.3 Å². The molecule has 0 radical (unpaired) electrons. The molecule has 0 N–H and O–H groups in total. The molecule has 2 heterocycles. The van der Waals surface area contributed by atoms with Crippen molar-refractivity contribution in [2.45, 2.75) is 0 Å². The Morgan fingerprint density at radius 1 is 1.27 bits per heavy atom. The molecule has 0 amide bonds. The summed E-state index contributed by atoms with van der Waals surface area (Å²) < 4.78 is 15.9. The van der Waals surface area contributed by atoms with Gasteiger partial charge in [-0.05, 0) is 24.3 Å². The summed E-state index contributed by atoms with van der Waals surface area (Å²) in [7, 11) is 0. The second-order valence-corrected chi connectivity index (χ2v) is 5.18. The van der Waals surface area contributed by atoms with Crippen LogP contribution in [-0.2, 0) is 0 Å². The summed E-state index contributed by atoms with van der Waals surface area (Å²) in [4.78, 5) is 23.2. The molecule has 0 spiro atoms. The molecule has 0 saturated carbocycles. The first kappa shape index (κ1) is 14.6. The topological polar surface area (TPSA) is 79.4 Å². The van der Waals surface area contributed by atoms with E-state index in [0.717, 1.165) is 21.2 Å². The van der Waals surface area contributed by atoms with E-state index >= 15 is 0 Å². The third-order valence-electron chi connectivity index (χ3n) is 2.97. The lowest BCUT2D eigenvalue weighted by molar-refractivity contribution is -0.255. The molecule has 2 aromatic heterocycles. The third-order valence-corrected chi connectivity index (χ3v) is 3.50. The highest BCUT2D eigenvalue weighted by atomic mass is 35.5. The molecule has 112 valence electrons. The zero-order chi connectivity index (χ0) is 16.0. The van der Waals surface area contributed by atoms with E-state index in [1.54, 1.807) is 0 Å². The number of hydrogen-bond donors (Lipinski definition) is 0. The van der Waals surface area contributed by atoms with Crippen LogP contribution in [0.15, 0.2) is 35.3 Å². The average molecular weight is 341 g/mol. The predicted molar refractivity (Wildman–Crippen MR) is 75.1 cm³/mol. The Hall–Kier alpha value is -2.38. The summed E-state index contributed by atoms with van der Waals surface area (Å²) in [6.45, 7) is 0. The number of carboxylic acid groups (broad SMARTS) is 1. The maximum atomic E-state index is 14.0. The summed E-state index contributed by atoms with van der Waals surface area (Å²) >= 11 is 11.4. The molecule has 0 aliphatic heterocycles. The highest BCUT2D eigenvalue weighted by Gasteiger charge is 2.16. The molecule has 0 atom stereocenters. The number of halogens is 3. The van der Waals surface area contributed by atoms with Crippen LogP contribution in [0.4, 0.5) is 4.39 Å². The van der Waals surface area contributed by atoms with Crippen molar-refractivity contribution in [2.24, 2.45) is 0 Å². The number of benzene rings is 1. The number of aromatic nitrogens is 3. The molecular weight excluding hydrogens is 336 g/mol. The van der Waals surface area contributed by atoms with E-state index < -0.39 is 23.0 Å². The van der Waals surface area contributed by atoms with E-state index in [-0.39, 0.29) is 16.4 Å². The number of carbonyl (C=O) groups excluding carboxylic acids is 1. The monoisotopic (exact) mass is 340 g/mol. The number of carbonyl (C=O) groups is 1. The van der Waals surface area contributed by atoms with Gasteiger partial charge in [-0.25, -0.2) is 13.6 Å². The van der Waals surface area contributed by atoms with Gasteiger partial charge in [-0.15, -0.1) is 5.10 Å². The fourth-order valence-corrected chi connectivity index (χ4v) is 2.35. The fourth-order valence-electron chi connectivity index (χ4n) is 1.96. The van der Waals surface area contributed by atoms with E-state index in [0.29, 0.717) is 5.02 Å². The molecule has 0 fully saturated rings. The smallest absolute Gasteiger partial charge is 0.355 e. The van der Waals surface area contributed by atoms with Crippen molar-refractivity contribution in [1.29, 1.82) is 0 Å². The van der Waals surface area contributed by atoms with Crippen LogP contribution in [-0.4, -0.2) is 20.2 Å². The summed E-state index contributed by atoms with van der Waals surface area (Å²) in [6, 6.07) is 4.65. The Labute approximate surface area is 131 Å². The number of hydrogen-bond acceptors (Lipinski definition) is 4. The van der Waals surface area contributed by atoms with E-state index in [9.17, 15) is 19.1 Å². The number of rotatable bonds is 2. The van der Waals surface area contributed by atoms with Crippen LogP contribution >= 0.6 is 23.2 Å². The number of carboxylic acids is 1. The molecule has 1 aromatic carbocycles. The summed E-state index contributed by atoms with van der Waals surface area (Å²) in [5.74, 6) is -2.49. The average Bonchev–Trinajstić information content (AvgIpc) is 2.76. The van der Waals surface area contributed by atoms with Crippen molar-refractivity contribution in [2.75, 3.05) is 0 Å². The number of aromatic carboxylic acids is 1. The number of pyridine rings is 1. The molecule has 0 aliphatic rings. The Kier molecular flexibility index (Phi) is 3.38. The third kappa shape index (κ3) is 2.24. The molecule has 0 saturated heterocycles. The van der Waals surface area contributed by atoms with Crippen LogP contribution in [0, 0.1) is 5.82 Å².